The number of methoxy groups -OCH3 is 1. The SMILES string of the molecule is COc1cc(CNC(C)C)ccc1N1CCOCC1. The van der Waals surface area contributed by atoms with Gasteiger partial charge in [0.15, 0.2) is 0 Å². The largest absolute Gasteiger partial charge is 0.495 e. The van der Waals surface area contributed by atoms with Crippen LogP contribution in [0.2, 0.25) is 0 Å². The number of nitrogens with zero attached hydrogens (tertiary/aromatic N) is 1. The molecule has 0 aromatic heterocycles. The Balaban J connectivity index is 2.11. The van der Waals surface area contributed by atoms with Crippen molar-refractivity contribution in [2.45, 2.75) is 26.4 Å². The number of anilines is 1. The summed E-state index contributed by atoms with van der Waals surface area (Å²) in [6.07, 6.45) is 0. The summed E-state index contributed by atoms with van der Waals surface area (Å²) in [5.41, 5.74) is 2.42. The van der Waals surface area contributed by atoms with Crippen LogP contribution in [0.15, 0.2) is 18.2 Å². The quantitative estimate of drug-likeness (QED) is 0.882. The monoisotopic (exact) mass is 264 g/mol. The fourth-order valence-electron chi connectivity index (χ4n) is 2.22. The van der Waals surface area contributed by atoms with Crippen molar-refractivity contribution in [3.05, 3.63) is 23.8 Å². The molecule has 1 fully saturated rings. The van der Waals surface area contributed by atoms with Crippen molar-refractivity contribution in [2.75, 3.05) is 38.3 Å². The molecule has 0 amide bonds. The molecular formula is C15H24N2O2. The number of hydrogen-bond acceptors (Lipinski definition) is 4. The molecule has 1 heterocycles. The van der Waals surface area contributed by atoms with Crippen LogP contribution in [0.25, 0.3) is 0 Å². The number of ether oxygens (including phenoxy) is 2. The summed E-state index contributed by atoms with van der Waals surface area (Å²) in [7, 11) is 1.74. The molecule has 0 bridgehead atoms. The van der Waals surface area contributed by atoms with E-state index in [1.165, 1.54) is 11.3 Å². The lowest BCUT2D eigenvalue weighted by molar-refractivity contribution is 0.122. The van der Waals surface area contributed by atoms with Gasteiger partial charge in [-0.25, -0.2) is 0 Å². The lowest BCUT2D eigenvalue weighted by Crippen LogP contribution is -2.36. The maximum Gasteiger partial charge on any atom is 0.142 e. The number of benzene rings is 1. The Morgan fingerprint density at radius 3 is 2.68 bits per heavy atom. The van der Waals surface area contributed by atoms with Gasteiger partial charge in [0.1, 0.15) is 5.75 Å². The lowest BCUT2D eigenvalue weighted by atomic mass is 10.1. The smallest absolute Gasteiger partial charge is 0.142 e. The third-order valence-corrected chi connectivity index (χ3v) is 3.31. The normalized spacial score (nSPS) is 15.9. The van der Waals surface area contributed by atoms with Gasteiger partial charge < -0.3 is 19.7 Å². The minimum Gasteiger partial charge on any atom is -0.495 e. The van der Waals surface area contributed by atoms with Gasteiger partial charge in [-0.15, -0.1) is 0 Å². The van der Waals surface area contributed by atoms with Crippen LogP contribution in [0.4, 0.5) is 5.69 Å². The third kappa shape index (κ3) is 3.85. The molecule has 0 unspecified atom stereocenters. The summed E-state index contributed by atoms with van der Waals surface area (Å²) in [6, 6.07) is 6.94. The van der Waals surface area contributed by atoms with Crippen molar-refractivity contribution in [2.24, 2.45) is 0 Å². The fourth-order valence-corrected chi connectivity index (χ4v) is 2.22. The Bertz CT molecular complexity index is 401. The van der Waals surface area contributed by atoms with Crippen LogP contribution in [0.5, 0.6) is 5.75 Å². The zero-order valence-electron chi connectivity index (χ0n) is 12.1. The second kappa shape index (κ2) is 6.78. The van der Waals surface area contributed by atoms with E-state index in [0.29, 0.717) is 6.04 Å². The number of nitrogens with one attached hydrogen (secondary N) is 1. The lowest BCUT2D eigenvalue weighted by Gasteiger charge is -2.30. The van der Waals surface area contributed by atoms with Gasteiger partial charge in [0.05, 0.1) is 26.0 Å². The summed E-state index contributed by atoms with van der Waals surface area (Å²) < 4.78 is 10.9. The average molecular weight is 264 g/mol. The molecule has 0 atom stereocenters. The highest BCUT2D eigenvalue weighted by atomic mass is 16.5. The van der Waals surface area contributed by atoms with Gasteiger partial charge in [-0.2, -0.15) is 0 Å². The van der Waals surface area contributed by atoms with Gasteiger partial charge in [0.25, 0.3) is 0 Å². The molecule has 1 aliphatic heterocycles. The first kappa shape index (κ1) is 14.2. The molecule has 1 saturated heterocycles. The van der Waals surface area contributed by atoms with Crippen molar-refractivity contribution < 1.29 is 9.47 Å². The third-order valence-electron chi connectivity index (χ3n) is 3.31. The Kier molecular flexibility index (Phi) is 5.05. The van der Waals surface area contributed by atoms with E-state index in [4.69, 9.17) is 9.47 Å². The second-order valence-corrected chi connectivity index (χ2v) is 5.14. The molecular weight excluding hydrogens is 240 g/mol. The first-order chi connectivity index (χ1) is 9.20. The van der Waals surface area contributed by atoms with Crippen LogP contribution in [0.3, 0.4) is 0 Å². The topological polar surface area (TPSA) is 33.7 Å². The fraction of sp³-hybridized carbons (Fsp3) is 0.600. The van der Waals surface area contributed by atoms with E-state index in [1.54, 1.807) is 7.11 Å². The molecule has 106 valence electrons. The maximum atomic E-state index is 5.54. The Morgan fingerprint density at radius 2 is 2.05 bits per heavy atom. The molecule has 4 nitrogen and oxygen atoms in total. The van der Waals surface area contributed by atoms with E-state index in [9.17, 15) is 0 Å². The van der Waals surface area contributed by atoms with Crippen molar-refractivity contribution in [1.29, 1.82) is 0 Å². The number of hydrogen-bond donors (Lipinski definition) is 1. The van der Waals surface area contributed by atoms with Crippen LogP contribution in [-0.2, 0) is 11.3 Å². The highest BCUT2D eigenvalue weighted by Crippen LogP contribution is 2.29. The zero-order chi connectivity index (χ0) is 13.7. The van der Waals surface area contributed by atoms with Gasteiger partial charge in [-0.1, -0.05) is 19.9 Å². The summed E-state index contributed by atoms with van der Waals surface area (Å²) >= 11 is 0. The first-order valence-corrected chi connectivity index (χ1v) is 6.93. The average Bonchev–Trinajstić information content (AvgIpc) is 2.45. The molecule has 1 aromatic rings. The van der Waals surface area contributed by atoms with Gasteiger partial charge in [0.2, 0.25) is 0 Å². The van der Waals surface area contributed by atoms with Gasteiger partial charge in [-0.3, -0.25) is 0 Å². The van der Waals surface area contributed by atoms with Crippen molar-refractivity contribution >= 4 is 5.69 Å². The molecule has 2 rings (SSSR count). The van der Waals surface area contributed by atoms with E-state index in [2.05, 4.69) is 42.3 Å². The van der Waals surface area contributed by atoms with Crippen molar-refractivity contribution in [3.8, 4) is 5.75 Å². The minimum atomic E-state index is 0.491. The van der Waals surface area contributed by atoms with Crippen LogP contribution in [0, 0.1) is 0 Å². The molecule has 1 N–H and O–H groups in total. The Hall–Kier alpha value is -1.26. The van der Waals surface area contributed by atoms with E-state index in [1.807, 2.05) is 0 Å². The van der Waals surface area contributed by atoms with Gasteiger partial charge >= 0.3 is 0 Å². The Morgan fingerprint density at radius 1 is 1.32 bits per heavy atom. The molecule has 19 heavy (non-hydrogen) atoms. The van der Waals surface area contributed by atoms with E-state index < -0.39 is 0 Å². The van der Waals surface area contributed by atoms with Crippen LogP contribution in [-0.4, -0.2) is 39.5 Å². The summed E-state index contributed by atoms with van der Waals surface area (Å²) in [6.45, 7) is 8.62. The van der Waals surface area contributed by atoms with E-state index in [0.717, 1.165) is 38.6 Å². The summed E-state index contributed by atoms with van der Waals surface area (Å²) in [5.74, 6) is 0.949. The highest BCUT2D eigenvalue weighted by Gasteiger charge is 2.15. The van der Waals surface area contributed by atoms with Gasteiger partial charge in [-0.05, 0) is 17.7 Å². The number of morpholine rings is 1. The first-order valence-electron chi connectivity index (χ1n) is 6.93. The number of rotatable bonds is 5. The molecule has 0 radical (unpaired) electrons. The molecule has 0 spiro atoms. The van der Waals surface area contributed by atoms with E-state index in [-0.39, 0.29) is 0 Å². The minimum absolute atomic E-state index is 0.491. The van der Waals surface area contributed by atoms with Crippen molar-refractivity contribution in [3.63, 3.8) is 0 Å². The Labute approximate surface area is 115 Å². The van der Waals surface area contributed by atoms with Crippen LogP contribution >= 0.6 is 0 Å². The summed E-state index contributed by atoms with van der Waals surface area (Å²) in [5, 5.41) is 3.42. The molecule has 1 aliphatic rings. The standard InChI is InChI=1S/C15H24N2O2/c1-12(2)16-11-13-4-5-14(15(10-13)18-3)17-6-8-19-9-7-17/h4-5,10,12,16H,6-9,11H2,1-3H3. The highest BCUT2D eigenvalue weighted by molar-refractivity contribution is 5.60. The second-order valence-electron chi connectivity index (χ2n) is 5.14. The predicted octanol–water partition coefficient (Wildman–Crippen LogP) is 2.03. The molecule has 4 heteroatoms. The van der Waals surface area contributed by atoms with Crippen LogP contribution in [0.1, 0.15) is 19.4 Å². The zero-order valence-corrected chi connectivity index (χ0v) is 12.1. The predicted molar refractivity (Wildman–Crippen MR) is 78.0 cm³/mol. The van der Waals surface area contributed by atoms with Crippen LogP contribution < -0.4 is 15.0 Å². The molecule has 0 saturated carbocycles. The maximum absolute atomic E-state index is 5.54. The van der Waals surface area contributed by atoms with E-state index >= 15 is 0 Å². The molecule has 0 aliphatic carbocycles. The van der Waals surface area contributed by atoms with Gasteiger partial charge in [0, 0.05) is 25.7 Å². The molecule has 1 aromatic carbocycles. The van der Waals surface area contributed by atoms with Crippen molar-refractivity contribution in [1.82, 2.24) is 5.32 Å². The summed E-state index contributed by atoms with van der Waals surface area (Å²) in [4.78, 5) is 2.32.